The third kappa shape index (κ3) is 6.76. The van der Waals surface area contributed by atoms with E-state index in [0.717, 1.165) is 5.56 Å². The summed E-state index contributed by atoms with van der Waals surface area (Å²) in [6.45, 7) is 5.27. The van der Waals surface area contributed by atoms with Crippen molar-refractivity contribution < 1.29 is 19.2 Å². The van der Waals surface area contributed by atoms with Crippen molar-refractivity contribution in [1.82, 2.24) is 10.8 Å². The summed E-state index contributed by atoms with van der Waals surface area (Å²) in [5, 5.41) is 2.55. The van der Waals surface area contributed by atoms with Crippen LogP contribution in [0.4, 0.5) is 4.79 Å². The van der Waals surface area contributed by atoms with Crippen molar-refractivity contribution in [1.29, 1.82) is 0 Å². The van der Waals surface area contributed by atoms with E-state index in [4.69, 9.17) is 4.74 Å². The fraction of sp³-hybridized carbons (Fsp3) is 0.467. The van der Waals surface area contributed by atoms with Gasteiger partial charge in [-0.3, -0.25) is 9.63 Å². The third-order valence-electron chi connectivity index (χ3n) is 2.49. The van der Waals surface area contributed by atoms with E-state index in [1.165, 1.54) is 7.11 Å². The van der Waals surface area contributed by atoms with Gasteiger partial charge in [-0.1, -0.05) is 30.3 Å². The van der Waals surface area contributed by atoms with Crippen molar-refractivity contribution in [2.24, 2.45) is 0 Å². The standard InChI is InChI=1S/C15H22N2O4/c1-15(2,3)21-14(19)16-12(13(18)17-20-4)10-11-8-6-5-7-9-11/h5-9,12H,10H2,1-4H3,(H,16,19)(H,17,18)/t12-/m0/s1. The van der Waals surface area contributed by atoms with Gasteiger partial charge in [0.15, 0.2) is 0 Å². The molecule has 0 heterocycles. The Balaban J connectivity index is 2.73. The molecule has 1 atom stereocenters. The Labute approximate surface area is 124 Å². The largest absolute Gasteiger partial charge is 0.444 e. The van der Waals surface area contributed by atoms with E-state index in [0.29, 0.717) is 6.42 Å². The lowest BCUT2D eigenvalue weighted by atomic mass is 10.1. The second-order valence-corrected chi connectivity index (χ2v) is 5.56. The first-order chi connectivity index (χ1) is 9.81. The fourth-order valence-electron chi connectivity index (χ4n) is 1.68. The molecule has 116 valence electrons. The summed E-state index contributed by atoms with van der Waals surface area (Å²) in [7, 11) is 1.34. The van der Waals surface area contributed by atoms with Gasteiger partial charge in [-0.15, -0.1) is 0 Å². The van der Waals surface area contributed by atoms with Gasteiger partial charge in [0, 0.05) is 6.42 Å². The predicted molar refractivity (Wildman–Crippen MR) is 78.5 cm³/mol. The number of carbonyl (C=O) groups excluding carboxylic acids is 2. The molecular formula is C15H22N2O4. The first-order valence-electron chi connectivity index (χ1n) is 6.68. The minimum Gasteiger partial charge on any atom is -0.444 e. The summed E-state index contributed by atoms with van der Waals surface area (Å²) in [5.74, 6) is -0.438. The van der Waals surface area contributed by atoms with Gasteiger partial charge in [0.1, 0.15) is 11.6 Å². The molecule has 1 aromatic rings. The van der Waals surface area contributed by atoms with Gasteiger partial charge in [0.05, 0.1) is 7.11 Å². The Morgan fingerprint density at radius 1 is 1.19 bits per heavy atom. The zero-order valence-corrected chi connectivity index (χ0v) is 12.8. The summed E-state index contributed by atoms with van der Waals surface area (Å²) >= 11 is 0. The molecule has 0 aromatic heterocycles. The zero-order chi connectivity index (χ0) is 15.9. The first-order valence-corrected chi connectivity index (χ1v) is 6.68. The van der Waals surface area contributed by atoms with Crippen LogP contribution in [0.1, 0.15) is 26.3 Å². The van der Waals surface area contributed by atoms with Crippen LogP contribution in [0.5, 0.6) is 0 Å². The summed E-state index contributed by atoms with van der Waals surface area (Å²) in [6.07, 6.45) is -0.301. The molecule has 0 unspecified atom stereocenters. The van der Waals surface area contributed by atoms with Crippen molar-refractivity contribution in [3.05, 3.63) is 35.9 Å². The molecule has 0 aliphatic heterocycles. The quantitative estimate of drug-likeness (QED) is 0.812. The SMILES string of the molecule is CONC(=O)[C@H](Cc1ccccc1)NC(=O)OC(C)(C)C. The zero-order valence-electron chi connectivity index (χ0n) is 12.8. The molecule has 2 N–H and O–H groups in total. The molecule has 21 heavy (non-hydrogen) atoms. The number of hydroxylamine groups is 1. The van der Waals surface area contributed by atoms with Crippen LogP contribution in [0.3, 0.4) is 0 Å². The topological polar surface area (TPSA) is 76.7 Å². The van der Waals surface area contributed by atoms with Gasteiger partial charge in [-0.25, -0.2) is 10.3 Å². The molecule has 6 heteroatoms. The average Bonchev–Trinajstić information content (AvgIpc) is 2.37. The highest BCUT2D eigenvalue weighted by Gasteiger charge is 2.24. The molecule has 2 amide bonds. The molecule has 0 saturated heterocycles. The second kappa shape index (κ2) is 7.64. The number of hydrogen-bond acceptors (Lipinski definition) is 4. The Hall–Kier alpha value is -2.08. The Kier molecular flexibility index (Phi) is 6.17. The van der Waals surface area contributed by atoms with Crippen molar-refractivity contribution in [3.63, 3.8) is 0 Å². The van der Waals surface area contributed by atoms with Gasteiger partial charge in [0.25, 0.3) is 5.91 Å². The molecule has 6 nitrogen and oxygen atoms in total. The summed E-state index contributed by atoms with van der Waals surface area (Å²) in [6, 6.07) is 8.60. The minimum atomic E-state index is -0.776. The maximum atomic E-state index is 11.9. The van der Waals surface area contributed by atoms with Crippen LogP contribution in [0.25, 0.3) is 0 Å². The van der Waals surface area contributed by atoms with E-state index in [2.05, 4.69) is 15.6 Å². The number of hydrogen-bond donors (Lipinski definition) is 2. The normalized spacial score (nSPS) is 12.4. The van der Waals surface area contributed by atoms with Crippen LogP contribution in [-0.2, 0) is 20.8 Å². The molecule has 0 radical (unpaired) electrons. The van der Waals surface area contributed by atoms with Crippen LogP contribution in [0.15, 0.2) is 30.3 Å². The highest BCUT2D eigenvalue weighted by Crippen LogP contribution is 2.08. The van der Waals surface area contributed by atoms with E-state index >= 15 is 0 Å². The van der Waals surface area contributed by atoms with E-state index in [9.17, 15) is 9.59 Å². The van der Waals surface area contributed by atoms with Crippen LogP contribution < -0.4 is 10.8 Å². The summed E-state index contributed by atoms with van der Waals surface area (Å²) < 4.78 is 5.16. The third-order valence-corrected chi connectivity index (χ3v) is 2.49. The van der Waals surface area contributed by atoms with Crippen LogP contribution in [0, 0.1) is 0 Å². The molecule has 0 aliphatic carbocycles. The minimum absolute atomic E-state index is 0.343. The Bertz CT molecular complexity index is 468. The molecule has 0 aliphatic rings. The van der Waals surface area contributed by atoms with E-state index < -0.39 is 23.6 Å². The number of nitrogens with one attached hydrogen (secondary N) is 2. The number of benzene rings is 1. The fourth-order valence-corrected chi connectivity index (χ4v) is 1.68. The van der Waals surface area contributed by atoms with Gasteiger partial charge in [-0.05, 0) is 26.3 Å². The lowest BCUT2D eigenvalue weighted by molar-refractivity contribution is -0.133. The summed E-state index contributed by atoms with van der Waals surface area (Å²) in [4.78, 5) is 28.4. The van der Waals surface area contributed by atoms with Gasteiger partial charge in [-0.2, -0.15) is 0 Å². The van der Waals surface area contributed by atoms with Crippen molar-refractivity contribution in [3.8, 4) is 0 Å². The average molecular weight is 294 g/mol. The molecule has 1 aromatic carbocycles. The predicted octanol–water partition coefficient (Wildman–Crippen LogP) is 1.80. The van der Waals surface area contributed by atoms with E-state index in [1.54, 1.807) is 20.8 Å². The van der Waals surface area contributed by atoms with E-state index in [-0.39, 0.29) is 0 Å². The molecule has 0 fully saturated rings. The van der Waals surface area contributed by atoms with Crippen LogP contribution in [0.2, 0.25) is 0 Å². The Morgan fingerprint density at radius 3 is 2.33 bits per heavy atom. The highest BCUT2D eigenvalue weighted by molar-refractivity contribution is 5.85. The maximum Gasteiger partial charge on any atom is 0.408 e. The van der Waals surface area contributed by atoms with Crippen LogP contribution in [-0.4, -0.2) is 30.8 Å². The van der Waals surface area contributed by atoms with Gasteiger partial charge >= 0.3 is 6.09 Å². The van der Waals surface area contributed by atoms with Crippen molar-refractivity contribution in [2.75, 3.05) is 7.11 Å². The van der Waals surface area contributed by atoms with Crippen molar-refractivity contribution in [2.45, 2.75) is 38.8 Å². The lowest BCUT2D eigenvalue weighted by Gasteiger charge is -2.23. The van der Waals surface area contributed by atoms with Gasteiger partial charge in [0.2, 0.25) is 0 Å². The molecular weight excluding hydrogens is 272 g/mol. The molecule has 0 saturated carbocycles. The maximum absolute atomic E-state index is 11.9. The number of amides is 2. The number of rotatable bonds is 5. The molecule has 0 spiro atoms. The molecule has 0 bridgehead atoms. The Morgan fingerprint density at radius 2 is 1.81 bits per heavy atom. The van der Waals surface area contributed by atoms with Crippen LogP contribution >= 0.6 is 0 Å². The van der Waals surface area contributed by atoms with E-state index in [1.807, 2.05) is 30.3 Å². The summed E-state index contributed by atoms with van der Waals surface area (Å²) in [5.41, 5.74) is 2.52. The monoisotopic (exact) mass is 294 g/mol. The second-order valence-electron chi connectivity index (χ2n) is 5.56. The van der Waals surface area contributed by atoms with Gasteiger partial charge < -0.3 is 10.1 Å². The molecule has 1 rings (SSSR count). The lowest BCUT2D eigenvalue weighted by Crippen LogP contribution is -2.49. The van der Waals surface area contributed by atoms with Crippen molar-refractivity contribution >= 4 is 12.0 Å². The number of carbonyl (C=O) groups is 2. The number of ether oxygens (including phenoxy) is 1. The number of alkyl carbamates (subject to hydrolysis) is 1. The first kappa shape index (κ1) is 17.0. The highest BCUT2D eigenvalue weighted by atomic mass is 16.6. The smallest absolute Gasteiger partial charge is 0.408 e.